The molecule has 22 heavy (non-hydrogen) atoms. The minimum atomic E-state index is -1.10. The van der Waals surface area contributed by atoms with Gasteiger partial charge in [-0.1, -0.05) is 48.5 Å². The lowest BCUT2D eigenvalue weighted by Gasteiger charge is -2.24. The van der Waals surface area contributed by atoms with Gasteiger partial charge < -0.3 is 15.1 Å². The van der Waals surface area contributed by atoms with E-state index in [-0.39, 0.29) is 12.5 Å². The molecule has 1 heterocycles. The highest BCUT2D eigenvalue weighted by atomic mass is 16.4. The molecule has 2 unspecified atom stereocenters. The molecule has 1 aliphatic heterocycles. The zero-order valence-electron chi connectivity index (χ0n) is 11.7. The van der Waals surface area contributed by atoms with E-state index in [1.54, 1.807) is 54.6 Å². The minimum Gasteiger partial charge on any atom is -0.481 e. The Kier molecular flexibility index (Phi) is 3.65. The summed E-state index contributed by atoms with van der Waals surface area (Å²) in [5, 5.41) is 19.8. The van der Waals surface area contributed by atoms with Crippen molar-refractivity contribution in [3.63, 3.8) is 0 Å². The maximum absolute atomic E-state index is 12.4. The van der Waals surface area contributed by atoms with Crippen molar-refractivity contribution in [1.29, 1.82) is 0 Å². The fourth-order valence-corrected chi connectivity index (χ4v) is 2.74. The van der Waals surface area contributed by atoms with Crippen LogP contribution in [-0.2, 0) is 4.79 Å². The van der Waals surface area contributed by atoms with Crippen LogP contribution in [0.15, 0.2) is 54.6 Å². The van der Waals surface area contributed by atoms with Gasteiger partial charge in [0.15, 0.2) is 6.23 Å². The van der Waals surface area contributed by atoms with Crippen molar-refractivity contribution in [2.24, 2.45) is 0 Å². The molecule has 0 aromatic heterocycles. The number of carboxylic acid groups (broad SMARTS) is 1. The van der Waals surface area contributed by atoms with E-state index < -0.39 is 18.1 Å². The largest absolute Gasteiger partial charge is 0.481 e. The first-order valence-electron chi connectivity index (χ1n) is 6.95. The molecule has 0 radical (unpaired) electrons. The Morgan fingerprint density at radius 2 is 1.73 bits per heavy atom. The van der Waals surface area contributed by atoms with Crippen molar-refractivity contribution < 1.29 is 19.8 Å². The second-order valence-electron chi connectivity index (χ2n) is 5.22. The SMILES string of the molecule is O=C(O)C(CN1C(=O)c2ccccc2C1O)c1ccccc1. The molecule has 5 heteroatoms. The Morgan fingerprint density at radius 1 is 1.09 bits per heavy atom. The third-order valence-electron chi connectivity index (χ3n) is 3.90. The summed E-state index contributed by atoms with van der Waals surface area (Å²) < 4.78 is 0. The van der Waals surface area contributed by atoms with Crippen LogP contribution >= 0.6 is 0 Å². The molecule has 5 nitrogen and oxygen atoms in total. The van der Waals surface area contributed by atoms with Gasteiger partial charge in [-0.3, -0.25) is 9.59 Å². The van der Waals surface area contributed by atoms with Crippen LogP contribution in [0.1, 0.15) is 33.6 Å². The van der Waals surface area contributed by atoms with Gasteiger partial charge in [-0.25, -0.2) is 0 Å². The summed E-state index contributed by atoms with van der Waals surface area (Å²) in [6.45, 7) is -0.0754. The third kappa shape index (κ3) is 2.35. The van der Waals surface area contributed by atoms with Crippen LogP contribution in [0, 0.1) is 0 Å². The van der Waals surface area contributed by atoms with E-state index in [2.05, 4.69) is 0 Å². The zero-order valence-corrected chi connectivity index (χ0v) is 11.7. The molecule has 2 aromatic rings. The number of aliphatic hydroxyl groups is 1. The molecule has 0 saturated heterocycles. The van der Waals surface area contributed by atoms with E-state index in [1.807, 2.05) is 0 Å². The van der Waals surface area contributed by atoms with Crippen LogP contribution in [0.3, 0.4) is 0 Å². The van der Waals surface area contributed by atoms with Crippen LogP contribution < -0.4 is 0 Å². The highest BCUT2D eigenvalue weighted by molar-refractivity contribution is 5.99. The summed E-state index contributed by atoms with van der Waals surface area (Å²) in [6, 6.07) is 15.5. The van der Waals surface area contributed by atoms with Gasteiger partial charge in [0.25, 0.3) is 5.91 Å². The number of carboxylic acids is 1. The van der Waals surface area contributed by atoms with Crippen LogP contribution in [-0.4, -0.2) is 33.5 Å². The first kappa shape index (κ1) is 14.3. The van der Waals surface area contributed by atoms with Gasteiger partial charge in [0, 0.05) is 17.7 Å². The van der Waals surface area contributed by atoms with Gasteiger partial charge in [-0.2, -0.15) is 0 Å². The first-order valence-corrected chi connectivity index (χ1v) is 6.95. The molecule has 1 amide bonds. The number of amides is 1. The van der Waals surface area contributed by atoms with Crippen LogP contribution in [0.5, 0.6) is 0 Å². The van der Waals surface area contributed by atoms with E-state index in [0.29, 0.717) is 16.7 Å². The Balaban J connectivity index is 1.89. The molecule has 0 saturated carbocycles. The predicted octanol–water partition coefficient (Wildman–Crippen LogP) is 2.00. The van der Waals surface area contributed by atoms with Crippen molar-refractivity contribution in [3.8, 4) is 0 Å². The Bertz CT molecular complexity index is 714. The summed E-state index contributed by atoms with van der Waals surface area (Å²) >= 11 is 0. The van der Waals surface area contributed by atoms with Crippen molar-refractivity contribution in [2.45, 2.75) is 12.1 Å². The van der Waals surface area contributed by atoms with Gasteiger partial charge in [0.05, 0.1) is 5.92 Å². The number of hydrogen-bond donors (Lipinski definition) is 2. The fourth-order valence-electron chi connectivity index (χ4n) is 2.74. The molecule has 112 valence electrons. The van der Waals surface area contributed by atoms with E-state index in [0.717, 1.165) is 0 Å². The molecular formula is C17H15NO4. The first-order chi connectivity index (χ1) is 10.6. The van der Waals surface area contributed by atoms with Gasteiger partial charge in [-0.05, 0) is 11.6 Å². The molecule has 0 aliphatic carbocycles. The fraction of sp³-hybridized carbons (Fsp3) is 0.176. The van der Waals surface area contributed by atoms with Gasteiger partial charge in [-0.15, -0.1) is 0 Å². The predicted molar refractivity (Wildman–Crippen MR) is 79.3 cm³/mol. The van der Waals surface area contributed by atoms with Crippen molar-refractivity contribution in [3.05, 3.63) is 71.3 Å². The lowest BCUT2D eigenvalue weighted by molar-refractivity contribution is -0.139. The van der Waals surface area contributed by atoms with E-state index in [4.69, 9.17) is 0 Å². The zero-order chi connectivity index (χ0) is 15.7. The lowest BCUT2D eigenvalue weighted by atomic mass is 9.98. The van der Waals surface area contributed by atoms with Crippen LogP contribution in [0.25, 0.3) is 0 Å². The molecule has 2 atom stereocenters. The van der Waals surface area contributed by atoms with Gasteiger partial charge >= 0.3 is 5.97 Å². The number of rotatable bonds is 4. The van der Waals surface area contributed by atoms with Crippen molar-refractivity contribution in [1.82, 2.24) is 4.90 Å². The molecule has 0 fully saturated rings. The van der Waals surface area contributed by atoms with E-state index in [1.165, 1.54) is 4.90 Å². The van der Waals surface area contributed by atoms with E-state index in [9.17, 15) is 19.8 Å². The molecule has 1 aliphatic rings. The molecule has 3 rings (SSSR count). The lowest BCUT2D eigenvalue weighted by Crippen LogP contribution is -2.35. The van der Waals surface area contributed by atoms with Crippen LogP contribution in [0.4, 0.5) is 0 Å². The second kappa shape index (κ2) is 5.61. The number of benzene rings is 2. The summed E-state index contributed by atoms with van der Waals surface area (Å²) in [5.74, 6) is -2.25. The molecule has 2 N–H and O–H groups in total. The number of aliphatic hydroxyl groups excluding tert-OH is 1. The second-order valence-corrected chi connectivity index (χ2v) is 5.22. The minimum absolute atomic E-state index is 0.0754. The highest BCUT2D eigenvalue weighted by Crippen LogP contribution is 2.33. The maximum Gasteiger partial charge on any atom is 0.312 e. The smallest absolute Gasteiger partial charge is 0.312 e. The number of hydrogen-bond acceptors (Lipinski definition) is 3. The number of fused-ring (bicyclic) bond motifs is 1. The average Bonchev–Trinajstić information content (AvgIpc) is 2.78. The Labute approximate surface area is 127 Å². The average molecular weight is 297 g/mol. The normalized spacial score (nSPS) is 18.1. The summed E-state index contributed by atoms with van der Waals surface area (Å²) in [6.07, 6.45) is -1.10. The molecule has 0 spiro atoms. The van der Waals surface area contributed by atoms with Gasteiger partial charge in [0.2, 0.25) is 0 Å². The number of carbonyl (C=O) groups excluding carboxylic acids is 1. The highest BCUT2D eigenvalue weighted by Gasteiger charge is 2.37. The quantitative estimate of drug-likeness (QED) is 0.905. The number of carbonyl (C=O) groups is 2. The third-order valence-corrected chi connectivity index (χ3v) is 3.90. The standard InChI is InChI=1S/C17H15NO4/c19-15-12-8-4-5-9-13(12)16(20)18(15)10-14(17(21)22)11-6-2-1-3-7-11/h1-9,14-15,19H,10H2,(H,21,22). The molecular weight excluding hydrogens is 282 g/mol. The topological polar surface area (TPSA) is 77.8 Å². The molecule has 2 aromatic carbocycles. The number of aliphatic carboxylic acids is 1. The van der Waals surface area contributed by atoms with E-state index >= 15 is 0 Å². The Morgan fingerprint density at radius 3 is 2.36 bits per heavy atom. The molecule has 0 bridgehead atoms. The van der Waals surface area contributed by atoms with Crippen molar-refractivity contribution in [2.75, 3.05) is 6.54 Å². The van der Waals surface area contributed by atoms with Crippen LogP contribution in [0.2, 0.25) is 0 Å². The summed E-state index contributed by atoms with van der Waals surface area (Å²) in [5.41, 5.74) is 1.54. The summed E-state index contributed by atoms with van der Waals surface area (Å²) in [4.78, 5) is 25.1. The van der Waals surface area contributed by atoms with Crippen molar-refractivity contribution >= 4 is 11.9 Å². The number of nitrogens with zero attached hydrogens (tertiary/aromatic N) is 1. The monoisotopic (exact) mass is 297 g/mol. The Hall–Kier alpha value is -2.66. The van der Waals surface area contributed by atoms with Gasteiger partial charge in [0.1, 0.15) is 0 Å². The summed E-state index contributed by atoms with van der Waals surface area (Å²) in [7, 11) is 0. The maximum atomic E-state index is 12.4.